The summed E-state index contributed by atoms with van der Waals surface area (Å²) in [5.41, 5.74) is 0.788. The minimum absolute atomic E-state index is 0.0137. The molecule has 88 valence electrons. The number of amides is 1. The van der Waals surface area contributed by atoms with E-state index in [1.54, 1.807) is 0 Å². The number of nitrogens with one attached hydrogen (secondary N) is 2. The molecule has 0 saturated heterocycles. The lowest BCUT2D eigenvalue weighted by atomic mass is 10.3. The summed E-state index contributed by atoms with van der Waals surface area (Å²) in [5, 5.41) is 5.96. The second-order valence-corrected chi connectivity index (χ2v) is 5.05. The number of rotatable bonds is 5. The van der Waals surface area contributed by atoms with E-state index in [9.17, 15) is 4.79 Å². The molecule has 3 nitrogen and oxygen atoms in total. The maximum absolute atomic E-state index is 11.6. The molecular weight excluding hydrogens is 336 g/mol. The van der Waals surface area contributed by atoms with Gasteiger partial charge in [-0.25, -0.2) is 0 Å². The van der Waals surface area contributed by atoms with E-state index in [2.05, 4.69) is 42.5 Å². The zero-order valence-electron chi connectivity index (χ0n) is 9.02. The van der Waals surface area contributed by atoms with Gasteiger partial charge in [0, 0.05) is 21.9 Å². The summed E-state index contributed by atoms with van der Waals surface area (Å²) < 4.78 is 1.82. The van der Waals surface area contributed by atoms with Crippen molar-refractivity contribution in [1.29, 1.82) is 0 Å². The smallest absolute Gasteiger partial charge is 0.225 e. The topological polar surface area (TPSA) is 41.1 Å². The Labute approximate surface area is 112 Å². The van der Waals surface area contributed by atoms with Gasteiger partial charge >= 0.3 is 0 Å². The standard InChI is InChI=1S/C11H14Br2N2O/c1-2-14-6-5-11(16)15-10-7-8(12)3-4-9(10)13/h3-4,7,14H,2,5-6H2,1H3,(H,15,16). The molecule has 0 aliphatic rings. The van der Waals surface area contributed by atoms with Gasteiger partial charge in [0.1, 0.15) is 0 Å². The molecule has 16 heavy (non-hydrogen) atoms. The van der Waals surface area contributed by atoms with E-state index >= 15 is 0 Å². The fraction of sp³-hybridized carbons (Fsp3) is 0.364. The molecule has 0 aliphatic carbocycles. The van der Waals surface area contributed by atoms with Crippen LogP contribution in [-0.2, 0) is 4.79 Å². The lowest BCUT2D eigenvalue weighted by Crippen LogP contribution is -2.21. The second-order valence-electron chi connectivity index (χ2n) is 3.28. The van der Waals surface area contributed by atoms with Crippen LogP contribution >= 0.6 is 31.9 Å². The minimum Gasteiger partial charge on any atom is -0.325 e. The Morgan fingerprint density at radius 1 is 1.38 bits per heavy atom. The Morgan fingerprint density at radius 2 is 2.12 bits per heavy atom. The highest BCUT2D eigenvalue weighted by atomic mass is 79.9. The molecule has 5 heteroatoms. The first kappa shape index (κ1) is 13.7. The fourth-order valence-corrected chi connectivity index (χ4v) is 1.89. The summed E-state index contributed by atoms with van der Waals surface area (Å²) in [6, 6.07) is 5.68. The number of hydrogen-bond donors (Lipinski definition) is 2. The van der Waals surface area contributed by atoms with Gasteiger partial charge in [0.25, 0.3) is 0 Å². The molecule has 1 amide bonds. The summed E-state index contributed by atoms with van der Waals surface area (Å²) >= 11 is 6.76. The number of carbonyl (C=O) groups excluding carboxylic acids is 1. The van der Waals surface area contributed by atoms with Crippen molar-refractivity contribution >= 4 is 43.5 Å². The molecule has 0 atom stereocenters. The van der Waals surface area contributed by atoms with Crippen LogP contribution in [0.3, 0.4) is 0 Å². The van der Waals surface area contributed by atoms with Gasteiger partial charge in [-0.3, -0.25) is 4.79 Å². The first-order valence-electron chi connectivity index (χ1n) is 5.09. The van der Waals surface area contributed by atoms with Crippen molar-refractivity contribution in [3.05, 3.63) is 27.1 Å². The molecular formula is C11H14Br2N2O. The first-order valence-corrected chi connectivity index (χ1v) is 6.67. The van der Waals surface area contributed by atoms with Gasteiger partial charge in [0.05, 0.1) is 5.69 Å². The van der Waals surface area contributed by atoms with E-state index in [-0.39, 0.29) is 5.91 Å². The van der Waals surface area contributed by atoms with Crippen LogP contribution in [-0.4, -0.2) is 19.0 Å². The van der Waals surface area contributed by atoms with Crippen molar-refractivity contribution in [2.45, 2.75) is 13.3 Å². The van der Waals surface area contributed by atoms with E-state index in [0.29, 0.717) is 13.0 Å². The monoisotopic (exact) mass is 348 g/mol. The Kier molecular flexibility index (Phi) is 6.01. The van der Waals surface area contributed by atoms with Crippen molar-refractivity contribution in [1.82, 2.24) is 5.32 Å². The van der Waals surface area contributed by atoms with Gasteiger partial charge in [0.2, 0.25) is 5.91 Å². The zero-order valence-corrected chi connectivity index (χ0v) is 12.2. The maximum Gasteiger partial charge on any atom is 0.225 e. The van der Waals surface area contributed by atoms with Gasteiger partial charge in [-0.2, -0.15) is 0 Å². The highest BCUT2D eigenvalue weighted by Gasteiger charge is 2.05. The number of anilines is 1. The van der Waals surface area contributed by atoms with Gasteiger partial charge in [-0.1, -0.05) is 22.9 Å². The lowest BCUT2D eigenvalue weighted by molar-refractivity contribution is -0.116. The van der Waals surface area contributed by atoms with Gasteiger partial charge in [0.15, 0.2) is 0 Å². The fourth-order valence-electron chi connectivity index (χ4n) is 1.18. The van der Waals surface area contributed by atoms with Crippen LogP contribution in [0.15, 0.2) is 27.1 Å². The predicted molar refractivity (Wildman–Crippen MR) is 73.6 cm³/mol. The van der Waals surface area contributed by atoms with Gasteiger partial charge in [-0.15, -0.1) is 0 Å². The second kappa shape index (κ2) is 7.04. The summed E-state index contributed by atoms with van der Waals surface area (Å²) in [6.45, 7) is 3.60. The molecule has 0 radical (unpaired) electrons. The van der Waals surface area contributed by atoms with Gasteiger partial charge < -0.3 is 10.6 Å². The van der Waals surface area contributed by atoms with Gasteiger partial charge in [-0.05, 0) is 40.7 Å². The van der Waals surface area contributed by atoms with Crippen molar-refractivity contribution in [3.63, 3.8) is 0 Å². The Morgan fingerprint density at radius 3 is 2.81 bits per heavy atom. The third kappa shape index (κ3) is 4.63. The number of hydrogen-bond acceptors (Lipinski definition) is 2. The van der Waals surface area contributed by atoms with Crippen LogP contribution in [0.4, 0.5) is 5.69 Å². The van der Waals surface area contributed by atoms with Crippen LogP contribution in [0.25, 0.3) is 0 Å². The van der Waals surface area contributed by atoms with E-state index in [4.69, 9.17) is 0 Å². The SMILES string of the molecule is CCNCCC(=O)Nc1cc(Br)ccc1Br. The molecule has 0 saturated carbocycles. The van der Waals surface area contributed by atoms with E-state index in [0.717, 1.165) is 21.2 Å². The summed E-state index contributed by atoms with van der Waals surface area (Å²) in [7, 11) is 0. The highest BCUT2D eigenvalue weighted by molar-refractivity contribution is 9.11. The van der Waals surface area contributed by atoms with Crippen LogP contribution < -0.4 is 10.6 Å². The molecule has 0 aliphatic heterocycles. The molecule has 1 aromatic rings. The third-order valence-electron chi connectivity index (χ3n) is 1.98. The maximum atomic E-state index is 11.6. The molecule has 0 heterocycles. The zero-order chi connectivity index (χ0) is 12.0. The summed E-state index contributed by atoms with van der Waals surface area (Å²) in [4.78, 5) is 11.6. The van der Waals surface area contributed by atoms with Crippen molar-refractivity contribution in [3.8, 4) is 0 Å². The largest absolute Gasteiger partial charge is 0.325 e. The normalized spacial score (nSPS) is 10.2. The molecule has 0 fully saturated rings. The number of benzene rings is 1. The minimum atomic E-state index is 0.0137. The molecule has 2 N–H and O–H groups in total. The third-order valence-corrected chi connectivity index (χ3v) is 3.17. The van der Waals surface area contributed by atoms with Crippen LogP contribution in [0.1, 0.15) is 13.3 Å². The first-order chi connectivity index (χ1) is 7.63. The average molecular weight is 350 g/mol. The molecule has 0 bridgehead atoms. The molecule has 1 rings (SSSR count). The lowest BCUT2D eigenvalue weighted by Gasteiger charge is -2.08. The number of halogens is 2. The Bertz CT molecular complexity index is 369. The summed E-state index contributed by atoms with van der Waals surface area (Å²) in [5.74, 6) is 0.0137. The van der Waals surface area contributed by atoms with Crippen LogP contribution in [0, 0.1) is 0 Å². The molecule has 0 aromatic heterocycles. The quantitative estimate of drug-likeness (QED) is 0.802. The summed E-state index contributed by atoms with van der Waals surface area (Å²) in [6.07, 6.45) is 0.479. The van der Waals surface area contributed by atoms with E-state index in [1.165, 1.54) is 0 Å². The molecule has 1 aromatic carbocycles. The van der Waals surface area contributed by atoms with Crippen molar-refractivity contribution < 1.29 is 4.79 Å². The molecule has 0 spiro atoms. The van der Waals surface area contributed by atoms with Crippen molar-refractivity contribution in [2.75, 3.05) is 18.4 Å². The predicted octanol–water partition coefficient (Wildman–Crippen LogP) is 3.15. The molecule has 0 unspecified atom stereocenters. The van der Waals surface area contributed by atoms with E-state index in [1.807, 2.05) is 25.1 Å². The van der Waals surface area contributed by atoms with Crippen LogP contribution in [0.5, 0.6) is 0 Å². The average Bonchev–Trinajstić information content (AvgIpc) is 2.24. The Hall–Kier alpha value is -0.390. The highest BCUT2D eigenvalue weighted by Crippen LogP contribution is 2.26. The number of carbonyl (C=O) groups is 1. The van der Waals surface area contributed by atoms with Crippen LogP contribution in [0.2, 0.25) is 0 Å². The Balaban J connectivity index is 2.52. The van der Waals surface area contributed by atoms with E-state index < -0.39 is 0 Å². The van der Waals surface area contributed by atoms with Crippen molar-refractivity contribution in [2.24, 2.45) is 0 Å².